The van der Waals surface area contributed by atoms with Crippen LogP contribution in [0.4, 0.5) is 4.39 Å². The summed E-state index contributed by atoms with van der Waals surface area (Å²) in [5.74, 6) is 1.77. The van der Waals surface area contributed by atoms with Crippen molar-refractivity contribution >= 4 is 0 Å². The molecule has 1 aromatic rings. The highest BCUT2D eigenvalue weighted by Gasteiger charge is 2.05. The molecule has 1 atom stereocenters. The van der Waals surface area contributed by atoms with Crippen molar-refractivity contribution in [2.45, 2.75) is 13.0 Å². The van der Waals surface area contributed by atoms with Crippen molar-refractivity contribution in [3.05, 3.63) is 35.1 Å². The topological polar surface area (TPSA) is 20.2 Å². The van der Waals surface area contributed by atoms with Crippen LogP contribution in [0.1, 0.15) is 17.2 Å². The van der Waals surface area contributed by atoms with Gasteiger partial charge in [0.05, 0.1) is 0 Å². The molecule has 0 aliphatic rings. The van der Waals surface area contributed by atoms with Gasteiger partial charge in [0.2, 0.25) is 0 Å². The Morgan fingerprint density at radius 3 is 2.75 bits per heavy atom. The summed E-state index contributed by atoms with van der Waals surface area (Å²) in [6, 6.07) is 4.45. The van der Waals surface area contributed by atoms with Gasteiger partial charge in [-0.3, -0.25) is 0 Å². The van der Waals surface area contributed by atoms with Crippen LogP contribution in [0, 0.1) is 25.1 Å². The molecule has 0 spiro atoms. The molecule has 2 heteroatoms. The van der Waals surface area contributed by atoms with E-state index in [2.05, 4.69) is 5.92 Å². The van der Waals surface area contributed by atoms with E-state index in [-0.39, 0.29) is 5.82 Å². The zero-order chi connectivity index (χ0) is 9.14. The number of aliphatic hydroxyl groups is 1. The quantitative estimate of drug-likeness (QED) is 0.627. The van der Waals surface area contributed by atoms with Gasteiger partial charge in [-0.05, 0) is 24.1 Å². The van der Waals surface area contributed by atoms with Gasteiger partial charge >= 0.3 is 0 Å². The Morgan fingerprint density at radius 2 is 2.25 bits per heavy atom. The predicted molar refractivity (Wildman–Crippen MR) is 44.9 cm³/mol. The van der Waals surface area contributed by atoms with E-state index in [9.17, 15) is 4.39 Å². The maximum absolute atomic E-state index is 12.9. The highest BCUT2D eigenvalue weighted by Crippen LogP contribution is 2.15. The minimum Gasteiger partial charge on any atom is -0.376 e. The van der Waals surface area contributed by atoms with Gasteiger partial charge in [-0.2, -0.15) is 0 Å². The van der Waals surface area contributed by atoms with Gasteiger partial charge in [0.25, 0.3) is 0 Å². The lowest BCUT2D eigenvalue weighted by atomic mass is 10.1. The van der Waals surface area contributed by atoms with E-state index in [4.69, 9.17) is 11.5 Å². The average Bonchev–Trinajstić information content (AvgIpc) is 2.08. The summed E-state index contributed by atoms with van der Waals surface area (Å²) in [5, 5.41) is 9.14. The molecule has 0 amide bonds. The van der Waals surface area contributed by atoms with E-state index >= 15 is 0 Å². The molecule has 0 aliphatic heterocycles. The molecule has 0 fully saturated rings. The summed E-state index contributed by atoms with van der Waals surface area (Å²) in [7, 11) is 0. The summed E-state index contributed by atoms with van der Waals surface area (Å²) >= 11 is 0. The van der Waals surface area contributed by atoms with Crippen molar-refractivity contribution < 1.29 is 9.50 Å². The molecule has 1 unspecified atom stereocenters. The first-order valence-electron chi connectivity index (χ1n) is 3.55. The molecule has 12 heavy (non-hydrogen) atoms. The van der Waals surface area contributed by atoms with Crippen molar-refractivity contribution in [3.63, 3.8) is 0 Å². The van der Waals surface area contributed by atoms with E-state index in [1.807, 2.05) is 0 Å². The predicted octanol–water partition coefficient (Wildman–Crippen LogP) is 1.80. The molecule has 1 rings (SSSR count). The van der Waals surface area contributed by atoms with Crippen LogP contribution in [-0.2, 0) is 0 Å². The van der Waals surface area contributed by atoms with Crippen LogP contribution < -0.4 is 0 Å². The van der Waals surface area contributed by atoms with Gasteiger partial charge in [-0.15, -0.1) is 6.42 Å². The third-order valence-electron chi connectivity index (χ3n) is 1.67. The Balaban J connectivity index is 3.06. The van der Waals surface area contributed by atoms with Crippen molar-refractivity contribution in [1.29, 1.82) is 0 Å². The largest absolute Gasteiger partial charge is 0.376 e. The van der Waals surface area contributed by atoms with Crippen molar-refractivity contribution in [2.24, 2.45) is 0 Å². The third kappa shape index (κ3) is 1.63. The van der Waals surface area contributed by atoms with Gasteiger partial charge in [0, 0.05) is 0 Å². The number of hydrogen-bond acceptors (Lipinski definition) is 1. The number of aliphatic hydroxyl groups excluding tert-OH is 1. The second-order valence-electron chi connectivity index (χ2n) is 2.58. The fourth-order valence-corrected chi connectivity index (χ4v) is 0.875. The molecule has 0 radical (unpaired) electrons. The summed E-state index contributed by atoms with van der Waals surface area (Å²) in [6.45, 7) is 1.65. The molecule has 1 aromatic carbocycles. The standard InChI is InChI=1S/C10H9FO/c1-3-10(12)8-5-4-7(2)9(11)6-8/h1,4-6,10,12H,2H3. The Bertz CT molecular complexity index is 325. The van der Waals surface area contributed by atoms with E-state index in [0.29, 0.717) is 11.1 Å². The number of rotatable bonds is 1. The zero-order valence-electron chi connectivity index (χ0n) is 6.71. The third-order valence-corrected chi connectivity index (χ3v) is 1.67. The molecule has 0 bridgehead atoms. The molecular formula is C10H9FO. The second-order valence-corrected chi connectivity index (χ2v) is 2.58. The van der Waals surface area contributed by atoms with Crippen LogP contribution in [0.3, 0.4) is 0 Å². The highest BCUT2D eigenvalue weighted by molar-refractivity contribution is 5.28. The summed E-state index contributed by atoms with van der Waals surface area (Å²) < 4.78 is 12.9. The number of terminal acetylenes is 1. The van der Waals surface area contributed by atoms with Crippen molar-refractivity contribution in [1.82, 2.24) is 0 Å². The first-order chi connectivity index (χ1) is 5.65. The monoisotopic (exact) mass is 164 g/mol. The zero-order valence-corrected chi connectivity index (χ0v) is 6.71. The van der Waals surface area contributed by atoms with Crippen LogP contribution in [0.2, 0.25) is 0 Å². The lowest BCUT2D eigenvalue weighted by Gasteiger charge is -2.04. The number of hydrogen-bond donors (Lipinski definition) is 1. The van der Waals surface area contributed by atoms with Crippen molar-refractivity contribution in [3.8, 4) is 12.3 Å². The minimum absolute atomic E-state index is 0.346. The van der Waals surface area contributed by atoms with E-state index in [1.54, 1.807) is 19.1 Å². The number of halogens is 1. The maximum atomic E-state index is 12.9. The fraction of sp³-hybridized carbons (Fsp3) is 0.200. The lowest BCUT2D eigenvalue weighted by molar-refractivity contribution is 0.238. The van der Waals surface area contributed by atoms with E-state index < -0.39 is 6.10 Å². The summed E-state index contributed by atoms with van der Waals surface area (Å²) in [5.41, 5.74) is 0.962. The van der Waals surface area contributed by atoms with Crippen LogP contribution in [0.25, 0.3) is 0 Å². The maximum Gasteiger partial charge on any atom is 0.140 e. The van der Waals surface area contributed by atoms with Crippen LogP contribution in [0.5, 0.6) is 0 Å². The SMILES string of the molecule is C#CC(O)c1ccc(C)c(F)c1. The van der Waals surface area contributed by atoms with Gasteiger partial charge in [-0.1, -0.05) is 18.1 Å². The molecule has 1 nitrogen and oxygen atoms in total. The minimum atomic E-state index is -1.01. The van der Waals surface area contributed by atoms with Crippen molar-refractivity contribution in [2.75, 3.05) is 0 Å². The molecule has 0 saturated carbocycles. The average molecular weight is 164 g/mol. The van der Waals surface area contributed by atoms with Crippen LogP contribution in [-0.4, -0.2) is 5.11 Å². The van der Waals surface area contributed by atoms with Gasteiger partial charge in [-0.25, -0.2) is 4.39 Å². The number of benzene rings is 1. The lowest BCUT2D eigenvalue weighted by Crippen LogP contribution is -1.94. The molecule has 0 saturated heterocycles. The molecule has 0 heterocycles. The molecular weight excluding hydrogens is 155 g/mol. The Labute approximate surface area is 70.9 Å². The molecule has 1 N–H and O–H groups in total. The normalized spacial score (nSPS) is 12.2. The second kappa shape index (κ2) is 3.38. The van der Waals surface area contributed by atoms with E-state index in [1.165, 1.54) is 6.07 Å². The first kappa shape index (κ1) is 8.76. The number of aryl methyl sites for hydroxylation is 1. The Morgan fingerprint density at radius 1 is 1.58 bits per heavy atom. The highest BCUT2D eigenvalue weighted by atomic mass is 19.1. The van der Waals surface area contributed by atoms with Gasteiger partial charge < -0.3 is 5.11 Å². The first-order valence-corrected chi connectivity index (χ1v) is 3.55. The smallest absolute Gasteiger partial charge is 0.140 e. The Kier molecular flexibility index (Phi) is 2.47. The van der Waals surface area contributed by atoms with Crippen LogP contribution >= 0.6 is 0 Å². The van der Waals surface area contributed by atoms with Crippen LogP contribution in [0.15, 0.2) is 18.2 Å². The van der Waals surface area contributed by atoms with E-state index in [0.717, 1.165) is 0 Å². The van der Waals surface area contributed by atoms with Gasteiger partial charge in [0.15, 0.2) is 0 Å². The fourth-order valence-electron chi connectivity index (χ4n) is 0.875. The van der Waals surface area contributed by atoms with Gasteiger partial charge in [0.1, 0.15) is 11.9 Å². The Hall–Kier alpha value is -1.33. The summed E-state index contributed by atoms with van der Waals surface area (Å²) in [4.78, 5) is 0. The molecule has 0 aromatic heterocycles. The molecule has 62 valence electrons. The summed E-state index contributed by atoms with van der Waals surface area (Å²) in [6.07, 6.45) is 3.96. The molecule has 0 aliphatic carbocycles.